The number of nitrogens with zero attached hydrogens (tertiary/aromatic N) is 3. The Hall–Kier alpha value is -2.11. The van der Waals surface area contributed by atoms with Crippen molar-refractivity contribution in [2.45, 2.75) is 32.3 Å². The lowest BCUT2D eigenvalue weighted by atomic mass is 9.94. The van der Waals surface area contributed by atoms with Crippen LogP contribution in [0.5, 0.6) is 0 Å². The molecule has 4 rings (SSSR count). The van der Waals surface area contributed by atoms with Gasteiger partial charge in [0.15, 0.2) is 16.7 Å². The smallest absolute Gasteiger partial charge is 0.240 e. The number of anilines is 1. The number of hydrogen-bond acceptors (Lipinski definition) is 9. The van der Waals surface area contributed by atoms with E-state index in [0.29, 0.717) is 54.1 Å². The Morgan fingerprint density at radius 2 is 1.91 bits per heavy atom. The minimum absolute atomic E-state index is 0.0330. The fourth-order valence-electron chi connectivity index (χ4n) is 4.28. The number of aliphatic hydroxyl groups is 1. The van der Waals surface area contributed by atoms with Crippen molar-refractivity contribution in [3.05, 3.63) is 23.3 Å². The first-order valence-electron chi connectivity index (χ1n) is 11.4. The first-order valence-corrected chi connectivity index (χ1v) is 12.2. The Balaban J connectivity index is 1.39. The van der Waals surface area contributed by atoms with Crippen LogP contribution in [-0.2, 0) is 9.53 Å². The molecule has 180 valence electrons. The number of hydrogen-bond donors (Lipinski definition) is 2. The van der Waals surface area contributed by atoms with Crippen LogP contribution in [0.3, 0.4) is 0 Å². The molecule has 0 aliphatic carbocycles. The van der Waals surface area contributed by atoms with Crippen molar-refractivity contribution in [2.24, 2.45) is 5.92 Å². The average Bonchev–Trinajstić information content (AvgIpc) is 3.44. The summed E-state index contributed by atoms with van der Waals surface area (Å²) in [5.41, 5.74) is -0.243. The average molecular weight is 477 g/mol. The van der Waals surface area contributed by atoms with Crippen molar-refractivity contribution < 1.29 is 23.8 Å². The summed E-state index contributed by atoms with van der Waals surface area (Å²) in [5.74, 6) is 0.295. The minimum atomic E-state index is -0.726. The first kappa shape index (κ1) is 24.0. The second-order valence-electron chi connectivity index (χ2n) is 9.34. The topological polar surface area (TPSA) is 108 Å². The zero-order chi connectivity index (χ0) is 23.4. The highest BCUT2D eigenvalue weighted by Crippen LogP contribution is 2.35. The molecular formula is C23H32N4O5S. The van der Waals surface area contributed by atoms with E-state index in [2.05, 4.69) is 20.1 Å². The SMILES string of the molecule is CC(C)(O)CN1CCN(CC(=O)Nc2nc(-c3ccco3)c(C(=O)C3CCOCC3)s2)CC1. The Morgan fingerprint density at radius 1 is 1.21 bits per heavy atom. The summed E-state index contributed by atoms with van der Waals surface area (Å²) < 4.78 is 10.9. The predicted octanol–water partition coefficient (Wildman–Crippen LogP) is 2.34. The highest BCUT2D eigenvalue weighted by atomic mass is 32.1. The monoisotopic (exact) mass is 476 g/mol. The number of nitrogens with one attached hydrogen (secondary N) is 1. The van der Waals surface area contributed by atoms with Gasteiger partial charge in [0.05, 0.1) is 18.4 Å². The summed E-state index contributed by atoms with van der Waals surface area (Å²) in [6, 6.07) is 3.53. The van der Waals surface area contributed by atoms with Gasteiger partial charge in [0.2, 0.25) is 5.91 Å². The van der Waals surface area contributed by atoms with E-state index < -0.39 is 5.60 Å². The summed E-state index contributed by atoms with van der Waals surface area (Å²) in [6.45, 7) is 8.77. The summed E-state index contributed by atoms with van der Waals surface area (Å²) in [5, 5.41) is 13.3. The normalized spacial score (nSPS) is 19.0. The molecule has 0 radical (unpaired) electrons. The van der Waals surface area contributed by atoms with E-state index in [1.165, 1.54) is 11.3 Å². The molecule has 2 aromatic rings. The molecule has 2 aliphatic rings. The van der Waals surface area contributed by atoms with Crippen molar-refractivity contribution in [3.63, 3.8) is 0 Å². The lowest BCUT2D eigenvalue weighted by molar-refractivity contribution is -0.117. The number of furan rings is 1. The Kier molecular flexibility index (Phi) is 7.60. The molecule has 9 nitrogen and oxygen atoms in total. The number of Topliss-reactive ketones (excluding diaryl/α,β-unsaturated/α-hetero) is 1. The third-order valence-electron chi connectivity index (χ3n) is 5.89. The number of carbonyl (C=O) groups excluding carboxylic acids is 2. The van der Waals surface area contributed by atoms with Crippen LogP contribution >= 0.6 is 11.3 Å². The van der Waals surface area contributed by atoms with Crippen LogP contribution in [0.2, 0.25) is 0 Å². The number of ether oxygens (including phenoxy) is 1. The highest BCUT2D eigenvalue weighted by molar-refractivity contribution is 7.18. The van der Waals surface area contributed by atoms with Crippen LogP contribution in [0.4, 0.5) is 5.13 Å². The Bertz CT molecular complexity index is 939. The molecule has 2 aromatic heterocycles. The molecule has 0 saturated carbocycles. The number of piperazine rings is 1. The predicted molar refractivity (Wildman–Crippen MR) is 125 cm³/mol. The second-order valence-corrected chi connectivity index (χ2v) is 10.3. The maximum atomic E-state index is 13.2. The van der Waals surface area contributed by atoms with Gasteiger partial charge in [-0.3, -0.25) is 19.4 Å². The molecule has 2 saturated heterocycles. The number of carbonyl (C=O) groups is 2. The zero-order valence-corrected chi connectivity index (χ0v) is 20.0. The number of aromatic nitrogens is 1. The number of ketones is 1. The molecule has 2 aliphatic heterocycles. The number of thiazole rings is 1. The Labute approximate surface area is 197 Å². The molecule has 0 bridgehead atoms. The van der Waals surface area contributed by atoms with Gasteiger partial charge in [-0.05, 0) is 38.8 Å². The van der Waals surface area contributed by atoms with E-state index in [1.807, 2.05) is 0 Å². The van der Waals surface area contributed by atoms with Crippen molar-refractivity contribution in [1.29, 1.82) is 0 Å². The lowest BCUT2D eigenvalue weighted by Gasteiger charge is -2.36. The summed E-state index contributed by atoms with van der Waals surface area (Å²) in [6.07, 6.45) is 2.93. The molecule has 2 fully saturated rings. The van der Waals surface area contributed by atoms with Crippen molar-refractivity contribution in [2.75, 3.05) is 57.8 Å². The van der Waals surface area contributed by atoms with E-state index in [-0.39, 0.29) is 24.2 Å². The van der Waals surface area contributed by atoms with Crippen LogP contribution in [0.15, 0.2) is 22.8 Å². The molecule has 0 atom stereocenters. The van der Waals surface area contributed by atoms with Gasteiger partial charge in [0.25, 0.3) is 0 Å². The molecule has 0 aromatic carbocycles. The quantitative estimate of drug-likeness (QED) is 0.559. The van der Waals surface area contributed by atoms with Crippen LogP contribution < -0.4 is 5.32 Å². The van der Waals surface area contributed by atoms with Gasteiger partial charge in [-0.25, -0.2) is 4.98 Å². The van der Waals surface area contributed by atoms with Crippen LogP contribution in [0.25, 0.3) is 11.5 Å². The van der Waals surface area contributed by atoms with Crippen molar-refractivity contribution in [3.8, 4) is 11.5 Å². The van der Waals surface area contributed by atoms with E-state index in [9.17, 15) is 14.7 Å². The van der Waals surface area contributed by atoms with Crippen molar-refractivity contribution in [1.82, 2.24) is 14.8 Å². The fraction of sp³-hybridized carbons (Fsp3) is 0.609. The van der Waals surface area contributed by atoms with Gasteiger partial charge in [-0.1, -0.05) is 11.3 Å². The molecule has 33 heavy (non-hydrogen) atoms. The first-order chi connectivity index (χ1) is 15.8. The van der Waals surface area contributed by atoms with E-state index in [0.717, 1.165) is 26.2 Å². The highest BCUT2D eigenvalue weighted by Gasteiger charge is 2.30. The van der Waals surface area contributed by atoms with E-state index >= 15 is 0 Å². The van der Waals surface area contributed by atoms with Gasteiger partial charge >= 0.3 is 0 Å². The number of amides is 1. The third-order valence-corrected chi connectivity index (χ3v) is 6.87. The largest absolute Gasteiger partial charge is 0.463 e. The van der Waals surface area contributed by atoms with Gasteiger partial charge in [0.1, 0.15) is 10.6 Å². The van der Waals surface area contributed by atoms with Crippen LogP contribution in [0.1, 0.15) is 36.4 Å². The molecule has 2 N–H and O–H groups in total. The number of β-amino-alcohol motifs (C(OH)–C–C–N with tert-alkyl or cyclic N) is 1. The fourth-order valence-corrected chi connectivity index (χ4v) is 5.29. The standard InChI is InChI=1S/C23H32N4O5S/c1-23(2,30)15-27-9-7-26(8-10-27)14-18(28)24-22-25-19(17-4-3-11-32-17)21(33-22)20(29)16-5-12-31-13-6-16/h3-4,11,16,30H,5-10,12-15H2,1-2H3,(H,24,25,28). The Morgan fingerprint density at radius 3 is 2.55 bits per heavy atom. The molecular weight excluding hydrogens is 444 g/mol. The van der Waals surface area contributed by atoms with Crippen LogP contribution in [-0.4, -0.2) is 89.7 Å². The van der Waals surface area contributed by atoms with Gasteiger partial charge in [-0.2, -0.15) is 0 Å². The van der Waals surface area contributed by atoms with Crippen molar-refractivity contribution >= 4 is 28.2 Å². The van der Waals surface area contributed by atoms with Gasteiger partial charge in [-0.15, -0.1) is 0 Å². The zero-order valence-electron chi connectivity index (χ0n) is 19.2. The third kappa shape index (κ3) is 6.48. The summed E-state index contributed by atoms with van der Waals surface area (Å²) in [4.78, 5) is 35.3. The van der Waals surface area contributed by atoms with E-state index in [4.69, 9.17) is 9.15 Å². The maximum Gasteiger partial charge on any atom is 0.240 e. The molecule has 0 spiro atoms. The maximum absolute atomic E-state index is 13.2. The number of rotatable bonds is 8. The van der Waals surface area contributed by atoms with Crippen LogP contribution in [0, 0.1) is 5.92 Å². The summed E-state index contributed by atoms with van der Waals surface area (Å²) >= 11 is 1.21. The minimum Gasteiger partial charge on any atom is -0.463 e. The molecule has 0 unspecified atom stereocenters. The summed E-state index contributed by atoms with van der Waals surface area (Å²) in [7, 11) is 0. The van der Waals surface area contributed by atoms with E-state index in [1.54, 1.807) is 32.2 Å². The molecule has 4 heterocycles. The molecule has 1 amide bonds. The lowest BCUT2D eigenvalue weighted by Crippen LogP contribution is -2.51. The molecule has 10 heteroatoms. The second kappa shape index (κ2) is 10.4. The van der Waals surface area contributed by atoms with Gasteiger partial charge in [0, 0.05) is 51.9 Å². The van der Waals surface area contributed by atoms with Gasteiger partial charge < -0.3 is 19.6 Å².